The van der Waals surface area contributed by atoms with E-state index >= 15 is 0 Å². The van der Waals surface area contributed by atoms with Crippen molar-refractivity contribution in [3.8, 4) is 0 Å². The van der Waals surface area contributed by atoms with Crippen LogP contribution in [0.5, 0.6) is 0 Å². The Labute approximate surface area is 80.2 Å². The van der Waals surface area contributed by atoms with Crippen LogP contribution in [0, 0.1) is 5.92 Å². The maximum atomic E-state index is 9.43. The number of aliphatic hydroxyl groups is 4. The largest absolute Gasteiger partial charge is 0.394 e. The lowest BCUT2D eigenvalue weighted by atomic mass is 9.99. The second-order valence-corrected chi connectivity index (χ2v) is 3.60. The summed E-state index contributed by atoms with van der Waals surface area (Å²) in [4.78, 5) is 0. The molecule has 0 saturated heterocycles. The number of hydrogen-bond donors (Lipinski definition) is 4. The van der Waals surface area contributed by atoms with E-state index in [0.29, 0.717) is 6.42 Å². The molecule has 4 atom stereocenters. The Balaban J connectivity index is 4.09. The zero-order chi connectivity index (χ0) is 11.3. The van der Waals surface area contributed by atoms with Gasteiger partial charge in [-0.25, -0.2) is 0 Å². The van der Waals surface area contributed by atoms with Gasteiger partial charge in [0.1, 0.15) is 12.2 Å². The van der Waals surface area contributed by atoms with Gasteiger partial charge in [-0.2, -0.15) is 0 Å². The highest BCUT2D eigenvalue weighted by atomic mass is 16.4. The standard InChI is InChI=1S/C9H20O4/c1-6(2)3-4-7(11)9(13)8(12)5-10/h6-13H,3-5H2,1-2H3/t7?,8-,9-/m1/s1/i4D/t4?,7?,8-,9-. The maximum absolute atomic E-state index is 9.43. The number of aliphatic hydroxyl groups excluding tert-OH is 4. The van der Waals surface area contributed by atoms with E-state index in [4.69, 9.17) is 11.6 Å². The molecule has 0 aromatic carbocycles. The van der Waals surface area contributed by atoms with Crippen molar-refractivity contribution >= 4 is 0 Å². The number of rotatable bonds is 6. The van der Waals surface area contributed by atoms with E-state index in [-0.39, 0.29) is 5.92 Å². The molecule has 0 aliphatic rings. The minimum absolute atomic E-state index is 0.241. The summed E-state index contributed by atoms with van der Waals surface area (Å²) in [6.07, 6.45) is -4.56. The van der Waals surface area contributed by atoms with Crippen molar-refractivity contribution in [2.45, 2.75) is 45.0 Å². The fourth-order valence-electron chi connectivity index (χ4n) is 0.887. The smallest absolute Gasteiger partial charge is 0.108 e. The minimum atomic E-state index is -1.46. The molecule has 0 rings (SSSR count). The minimum Gasteiger partial charge on any atom is -0.394 e. The van der Waals surface area contributed by atoms with Gasteiger partial charge in [-0.3, -0.25) is 0 Å². The molecule has 2 unspecified atom stereocenters. The molecule has 13 heavy (non-hydrogen) atoms. The van der Waals surface area contributed by atoms with Crippen LogP contribution in [0.1, 0.15) is 28.0 Å². The van der Waals surface area contributed by atoms with Gasteiger partial charge < -0.3 is 20.4 Å². The van der Waals surface area contributed by atoms with E-state index in [2.05, 4.69) is 0 Å². The van der Waals surface area contributed by atoms with Gasteiger partial charge in [0.25, 0.3) is 0 Å². The van der Waals surface area contributed by atoms with Crippen LogP contribution in [0.2, 0.25) is 0 Å². The fourth-order valence-corrected chi connectivity index (χ4v) is 0.887. The molecular formula is C9H20O4. The summed E-state index contributed by atoms with van der Waals surface area (Å²) in [5.74, 6) is 0.241. The maximum Gasteiger partial charge on any atom is 0.108 e. The summed E-state index contributed by atoms with van der Waals surface area (Å²) in [6, 6.07) is 0. The van der Waals surface area contributed by atoms with Gasteiger partial charge in [0.05, 0.1) is 12.7 Å². The molecule has 0 amide bonds. The highest BCUT2D eigenvalue weighted by Gasteiger charge is 2.23. The summed E-state index contributed by atoms with van der Waals surface area (Å²) in [6.45, 7) is 3.19. The molecule has 4 nitrogen and oxygen atoms in total. The molecule has 0 aromatic rings. The van der Waals surface area contributed by atoms with Crippen molar-refractivity contribution in [1.82, 2.24) is 0 Å². The first-order chi connectivity index (χ1) is 6.40. The van der Waals surface area contributed by atoms with Gasteiger partial charge >= 0.3 is 0 Å². The van der Waals surface area contributed by atoms with Crippen LogP contribution >= 0.6 is 0 Å². The van der Waals surface area contributed by atoms with Crippen molar-refractivity contribution in [1.29, 1.82) is 0 Å². The predicted octanol–water partition coefficient (Wildman–Crippen LogP) is -0.502. The average molecular weight is 193 g/mol. The molecule has 0 saturated carbocycles. The van der Waals surface area contributed by atoms with E-state index < -0.39 is 31.3 Å². The second kappa shape index (κ2) is 6.32. The Morgan fingerprint density at radius 3 is 2.08 bits per heavy atom. The van der Waals surface area contributed by atoms with Crippen molar-refractivity contribution < 1.29 is 21.8 Å². The first-order valence-corrected chi connectivity index (χ1v) is 4.47. The van der Waals surface area contributed by atoms with Crippen LogP contribution in [0.25, 0.3) is 0 Å². The molecule has 0 aromatic heterocycles. The van der Waals surface area contributed by atoms with Crippen LogP contribution in [0.4, 0.5) is 0 Å². The zero-order valence-electron chi connectivity index (χ0n) is 9.09. The van der Waals surface area contributed by atoms with Crippen LogP contribution in [0.15, 0.2) is 0 Å². The average Bonchev–Trinajstić information content (AvgIpc) is 2.13. The molecule has 0 bridgehead atoms. The predicted molar refractivity (Wildman–Crippen MR) is 49.2 cm³/mol. The Morgan fingerprint density at radius 1 is 1.15 bits per heavy atom. The molecule has 0 heterocycles. The monoisotopic (exact) mass is 193 g/mol. The van der Waals surface area contributed by atoms with Gasteiger partial charge in [0.15, 0.2) is 0 Å². The molecular weight excluding hydrogens is 172 g/mol. The molecule has 0 aliphatic carbocycles. The van der Waals surface area contributed by atoms with Crippen molar-refractivity contribution in [3.63, 3.8) is 0 Å². The SMILES string of the molecule is [2H]C(CC(C)C)C(O)[C@@H](O)[C@H](O)CO. The van der Waals surface area contributed by atoms with Crippen molar-refractivity contribution in [2.24, 2.45) is 5.92 Å². The fraction of sp³-hybridized carbons (Fsp3) is 1.00. The van der Waals surface area contributed by atoms with Crippen molar-refractivity contribution in [3.05, 3.63) is 0 Å². The highest BCUT2D eigenvalue weighted by Crippen LogP contribution is 2.11. The summed E-state index contributed by atoms with van der Waals surface area (Å²) in [5.41, 5.74) is 0. The molecule has 0 radical (unpaired) electrons. The van der Waals surface area contributed by atoms with Gasteiger partial charge in [-0.05, 0) is 18.7 Å². The second-order valence-electron chi connectivity index (χ2n) is 3.60. The Morgan fingerprint density at radius 2 is 1.69 bits per heavy atom. The summed E-state index contributed by atoms with van der Waals surface area (Å²) >= 11 is 0. The first-order valence-electron chi connectivity index (χ1n) is 5.05. The molecule has 4 N–H and O–H groups in total. The Hall–Kier alpha value is -0.160. The zero-order valence-corrected chi connectivity index (χ0v) is 8.09. The molecule has 0 spiro atoms. The topological polar surface area (TPSA) is 80.9 Å². The number of hydrogen-bond acceptors (Lipinski definition) is 4. The third-order valence-corrected chi connectivity index (χ3v) is 1.78. The highest BCUT2D eigenvalue weighted by molar-refractivity contribution is 4.74. The van der Waals surface area contributed by atoms with Crippen LogP contribution in [-0.4, -0.2) is 45.3 Å². The van der Waals surface area contributed by atoms with Crippen LogP contribution in [0.3, 0.4) is 0 Å². The summed E-state index contributed by atoms with van der Waals surface area (Å²) in [7, 11) is 0. The molecule has 80 valence electrons. The van der Waals surface area contributed by atoms with E-state index in [9.17, 15) is 10.2 Å². The third-order valence-electron chi connectivity index (χ3n) is 1.78. The lowest BCUT2D eigenvalue weighted by molar-refractivity contribution is -0.0793. The van der Waals surface area contributed by atoms with E-state index in [1.54, 1.807) is 0 Å². The summed E-state index contributed by atoms with van der Waals surface area (Å²) < 4.78 is 7.50. The normalized spacial score (nSPS) is 22.2. The van der Waals surface area contributed by atoms with Gasteiger partial charge in [-0.15, -0.1) is 0 Å². The Kier molecular flexibility index (Phi) is 5.31. The lowest BCUT2D eigenvalue weighted by Gasteiger charge is -2.21. The quantitative estimate of drug-likeness (QED) is 0.458. The van der Waals surface area contributed by atoms with E-state index in [0.717, 1.165) is 0 Å². The van der Waals surface area contributed by atoms with E-state index in [1.807, 2.05) is 13.8 Å². The molecule has 0 aliphatic heterocycles. The van der Waals surface area contributed by atoms with Crippen molar-refractivity contribution in [2.75, 3.05) is 6.61 Å². The first kappa shape index (κ1) is 10.9. The molecule has 0 fully saturated rings. The van der Waals surface area contributed by atoms with Gasteiger partial charge in [-0.1, -0.05) is 13.8 Å². The summed E-state index contributed by atoms with van der Waals surface area (Å²) in [5, 5.41) is 36.3. The third kappa shape index (κ3) is 5.21. The van der Waals surface area contributed by atoms with E-state index in [1.165, 1.54) is 0 Å². The van der Waals surface area contributed by atoms with Gasteiger partial charge in [0, 0.05) is 1.37 Å². The van der Waals surface area contributed by atoms with Gasteiger partial charge in [0.2, 0.25) is 0 Å². The van der Waals surface area contributed by atoms with Crippen LogP contribution < -0.4 is 0 Å². The van der Waals surface area contributed by atoms with Crippen LogP contribution in [-0.2, 0) is 0 Å². The Bertz CT molecular complexity index is 154. The molecule has 4 heteroatoms. The lowest BCUT2D eigenvalue weighted by Crippen LogP contribution is -2.39.